The number of nitrogens with zero attached hydrogens (tertiary/aromatic N) is 2. The van der Waals surface area contributed by atoms with E-state index in [9.17, 15) is 13.2 Å². The normalized spacial score (nSPS) is 11.4. The van der Waals surface area contributed by atoms with Gasteiger partial charge in [0.25, 0.3) is 0 Å². The highest BCUT2D eigenvalue weighted by molar-refractivity contribution is 5.81. The van der Waals surface area contributed by atoms with Gasteiger partial charge in [0.2, 0.25) is 5.75 Å². The molecule has 0 unspecified atom stereocenters. The van der Waals surface area contributed by atoms with E-state index in [4.69, 9.17) is 14.2 Å². The molecule has 32 heavy (non-hydrogen) atoms. The van der Waals surface area contributed by atoms with E-state index in [1.165, 1.54) is 45.6 Å². The first-order chi connectivity index (χ1) is 15.3. The molecule has 0 spiro atoms. The summed E-state index contributed by atoms with van der Waals surface area (Å²) in [6.45, 7) is 0. The molecule has 0 aliphatic heterocycles. The summed E-state index contributed by atoms with van der Waals surface area (Å²) in [6.07, 6.45) is -3.13. The molecule has 0 bridgehead atoms. The number of rotatable bonds is 7. The van der Waals surface area contributed by atoms with E-state index in [0.29, 0.717) is 45.7 Å². The lowest BCUT2D eigenvalue weighted by Gasteiger charge is -2.15. The highest BCUT2D eigenvalue weighted by Gasteiger charge is 2.31. The summed E-state index contributed by atoms with van der Waals surface area (Å²) in [4.78, 5) is 3.28. The highest BCUT2D eigenvalue weighted by Crippen LogP contribution is 2.43. The molecule has 2 aromatic carbocycles. The van der Waals surface area contributed by atoms with Crippen molar-refractivity contribution in [2.75, 3.05) is 26.6 Å². The lowest BCUT2D eigenvalue weighted by atomic mass is 10.1. The van der Waals surface area contributed by atoms with E-state index in [1.807, 2.05) is 0 Å². The lowest BCUT2D eigenvalue weighted by Crippen LogP contribution is -2.17. The Bertz CT molecular complexity index is 1210. The van der Waals surface area contributed by atoms with Crippen LogP contribution in [0.5, 0.6) is 23.0 Å². The number of aromatic nitrogens is 3. The molecule has 11 heteroatoms. The Morgan fingerprint density at radius 1 is 0.938 bits per heavy atom. The second-order valence-electron chi connectivity index (χ2n) is 6.59. The minimum absolute atomic E-state index is 0.314. The molecule has 0 saturated carbocycles. The fourth-order valence-corrected chi connectivity index (χ4v) is 3.30. The van der Waals surface area contributed by atoms with Gasteiger partial charge in [-0.25, -0.2) is 0 Å². The maximum absolute atomic E-state index is 12.4. The van der Waals surface area contributed by atoms with Crippen molar-refractivity contribution in [1.82, 2.24) is 14.6 Å². The van der Waals surface area contributed by atoms with Gasteiger partial charge in [0, 0.05) is 17.3 Å². The number of H-pyrrole nitrogens is 1. The number of alkyl halides is 3. The zero-order valence-corrected chi connectivity index (χ0v) is 17.3. The maximum Gasteiger partial charge on any atom is 0.573 e. The van der Waals surface area contributed by atoms with Crippen molar-refractivity contribution in [1.29, 1.82) is 0 Å². The first-order valence-electron chi connectivity index (χ1n) is 9.32. The molecule has 0 aliphatic carbocycles. The monoisotopic (exact) mass is 448 g/mol. The molecule has 0 aliphatic rings. The van der Waals surface area contributed by atoms with Gasteiger partial charge in [-0.1, -0.05) is 0 Å². The molecule has 4 rings (SSSR count). The van der Waals surface area contributed by atoms with Gasteiger partial charge in [0.05, 0.1) is 33.2 Å². The smallest absolute Gasteiger partial charge is 0.493 e. The minimum Gasteiger partial charge on any atom is -0.493 e. The predicted molar refractivity (Wildman–Crippen MR) is 111 cm³/mol. The van der Waals surface area contributed by atoms with Crippen LogP contribution in [0.15, 0.2) is 48.7 Å². The van der Waals surface area contributed by atoms with Gasteiger partial charge in [-0.2, -0.15) is 9.61 Å². The first kappa shape index (κ1) is 21.2. The molecule has 0 atom stereocenters. The van der Waals surface area contributed by atoms with Crippen LogP contribution in [-0.2, 0) is 0 Å². The van der Waals surface area contributed by atoms with Gasteiger partial charge in [0.1, 0.15) is 11.4 Å². The van der Waals surface area contributed by atoms with Crippen LogP contribution in [0.2, 0.25) is 0 Å². The minimum atomic E-state index is -4.75. The molecule has 4 aromatic rings. The van der Waals surface area contributed by atoms with Gasteiger partial charge < -0.3 is 29.2 Å². The van der Waals surface area contributed by atoms with Crippen molar-refractivity contribution in [2.45, 2.75) is 6.36 Å². The number of fused-ring (bicyclic) bond motifs is 1. The van der Waals surface area contributed by atoms with Crippen LogP contribution in [0.4, 0.5) is 24.7 Å². The SMILES string of the molecule is COc1cc(-c2[nH]c3ccnn3c2Nc2ccc(OC(F)(F)F)cc2)cc(OC)c1OC. The third kappa shape index (κ3) is 4.09. The molecular formula is C21H19F3N4O4. The highest BCUT2D eigenvalue weighted by atomic mass is 19.4. The second kappa shape index (κ2) is 8.25. The molecular weight excluding hydrogens is 429 g/mol. The summed E-state index contributed by atoms with van der Waals surface area (Å²) in [7, 11) is 4.56. The Morgan fingerprint density at radius 3 is 2.16 bits per heavy atom. The summed E-state index contributed by atoms with van der Waals surface area (Å²) in [6, 6.07) is 10.7. The van der Waals surface area contributed by atoms with E-state index in [-0.39, 0.29) is 5.75 Å². The van der Waals surface area contributed by atoms with Crippen molar-refractivity contribution in [2.24, 2.45) is 0 Å². The van der Waals surface area contributed by atoms with Crippen LogP contribution in [-0.4, -0.2) is 42.3 Å². The summed E-state index contributed by atoms with van der Waals surface area (Å²) in [5, 5.41) is 7.50. The second-order valence-corrected chi connectivity index (χ2v) is 6.59. The Hall–Kier alpha value is -4.02. The van der Waals surface area contributed by atoms with Crippen molar-refractivity contribution in [3.63, 3.8) is 0 Å². The molecule has 0 saturated heterocycles. The Labute approximate surface area is 180 Å². The summed E-state index contributed by atoms with van der Waals surface area (Å²) in [5.41, 5.74) is 2.60. The van der Waals surface area contributed by atoms with Gasteiger partial charge in [0.15, 0.2) is 17.3 Å². The Kier molecular flexibility index (Phi) is 5.47. The molecule has 2 N–H and O–H groups in total. The number of halogens is 3. The van der Waals surface area contributed by atoms with Crippen LogP contribution >= 0.6 is 0 Å². The van der Waals surface area contributed by atoms with Crippen LogP contribution < -0.4 is 24.3 Å². The summed E-state index contributed by atoms with van der Waals surface area (Å²) >= 11 is 0. The molecule has 168 valence electrons. The third-order valence-electron chi connectivity index (χ3n) is 4.65. The van der Waals surface area contributed by atoms with E-state index < -0.39 is 6.36 Å². The average molecular weight is 448 g/mol. The number of nitrogens with one attached hydrogen (secondary N) is 2. The number of anilines is 2. The third-order valence-corrected chi connectivity index (χ3v) is 4.65. The molecule has 2 heterocycles. The van der Waals surface area contributed by atoms with Crippen molar-refractivity contribution in [3.8, 4) is 34.3 Å². The first-order valence-corrected chi connectivity index (χ1v) is 9.32. The summed E-state index contributed by atoms with van der Waals surface area (Å²) < 4.78 is 59.1. The Balaban J connectivity index is 1.75. The van der Waals surface area contributed by atoms with E-state index in [2.05, 4.69) is 20.1 Å². The van der Waals surface area contributed by atoms with Crippen LogP contribution in [0.3, 0.4) is 0 Å². The van der Waals surface area contributed by atoms with Crippen molar-refractivity contribution < 1.29 is 32.1 Å². The van der Waals surface area contributed by atoms with E-state index in [0.717, 1.165) is 0 Å². The molecule has 2 aromatic heterocycles. The largest absolute Gasteiger partial charge is 0.573 e. The van der Waals surface area contributed by atoms with Crippen LogP contribution in [0, 0.1) is 0 Å². The number of hydrogen-bond donors (Lipinski definition) is 2. The summed E-state index contributed by atoms with van der Waals surface area (Å²) in [5.74, 6) is 1.63. The fourth-order valence-electron chi connectivity index (χ4n) is 3.30. The van der Waals surface area contributed by atoms with E-state index in [1.54, 1.807) is 28.9 Å². The molecule has 0 amide bonds. The zero-order valence-electron chi connectivity index (χ0n) is 17.3. The molecule has 0 fully saturated rings. The predicted octanol–water partition coefficient (Wildman–Crippen LogP) is 5.00. The number of hydrogen-bond acceptors (Lipinski definition) is 6. The maximum atomic E-state index is 12.4. The van der Waals surface area contributed by atoms with Gasteiger partial charge in [-0.3, -0.25) is 0 Å². The van der Waals surface area contributed by atoms with Crippen LogP contribution in [0.25, 0.3) is 16.9 Å². The molecule has 8 nitrogen and oxygen atoms in total. The molecule has 0 radical (unpaired) electrons. The van der Waals surface area contributed by atoms with Gasteiger partial charge in [-0.05, 0) is 36.4 Å². The number of imidazole rings is 1. The van der Waals surface area contributed by atoms with Crippen molar-refractivity contribution >= 4 is 17.2 Å². The fraction of sp³-hybridized carbons (Fsp3) is 0.190. The average Bonchev–Trinajstić information content (AvgIpc) is 3.35. The number of benzene rings is 2. The van der Waals surface area contributed by atoms with Crippen LogP contribution in [0.1, 0.15) is 0 Å². The topological polar surface area (TPSA) is 82.0 Å². The quantitative estimate of drug-likeness (QED) is 0.414. The van der Waals surface area contributed by atoms with Crippen molar-refractivity contribution in [3.05, 3.63) is 48.7 Å². The zero-order chi connectivity index (χ0) is 22.9. The van der Waals surface area contributed by atoms with Gasteiger partial charge >= 0.3 is 6.36 Å². The number of ether oxygens (including phenoxy) is 4. The standard InChI is InChI=1S/C21H19F3N4O4/c1-29-15-10-12(11-16(30-2)19(15)31-3)18-20(28-17(27-18)8-9-25-28)26-13-4-6-14(7-5-13)32-21(22,23)24/h4-11,26-27H,1-3H3. The lowest BCUT2D eigenvalue weighted by molar-refractivity contribution is -0.274. The number of aromatic amines is 1. The number of methoxy groups -OCH3 is 3. The van der Waals surface area contributed by atoms with Gasteiger partial charge in [-0.15, -0.1) is 13.2 Å². The Morgan fingerprint density at radius 2 is 1.59 bits per heavy atom. The van der Waals surface area contributed by atoms with E-state index >= 15 is 0 Å².